The molecule has 1 aromatic heterocycles. The minimum absolute atomic E-state index is 0.0717. The van der Waals surface area contributed by atoms with Crippen molar-refractivity contribution >= 4 is 6.08 Å². The fraction of sp³-hybridized carbons (Fsp3) is 0.185. The lowest BCUT2D eigenvalue weighted by atomic mass is 9.77. The zero-order valence-corrected chi connectivity index (χ0v) is 19.6. The number of nitrogens with one attached hydrogen (secondary N) is 1. The Bertz CT molecular complexity index is 1630. The molecule has 11 heteroatoms. The highest BCUT2D eigenvalue weighted by molar-refractivity contribution is 5.77. The molecule has 5 rings (SSSR count). The van der Waals surface area contributed by atoms with E-state index in [-0.39, 0.29) is 17.2 Å². The molecule has 38 heavy (non-hydrogen) atoms. The Balaban J connectivity index is 1.83. The molecule has 1 N–H and O–H groups in total. The lowest BCUT2D eigenvalue weighted by Crippen LogP contribution is -2.33. The summed E-state index contributed by atoms with van der Waals surface area (Å²) < 4.78 is 83.8. The summed E-state index contributed by atoms with van der Waals surface area (Å²) in [4.78, 5) is 25.4. The van der Waals surface area contributed by atoms with E-state index in [1.54, 1.807) is 48.6 Å². The molecule has 0 aliphatic heterocycles. The van der Waals surface area contributed by atoms with Gasteiger partial charge in [0.2, 0.25) is 0 Å². The monoisotopic (exact) mass is 531 g/mol. The van der Waals surface area contributed by atoms with Crippen LogP contribution in [-0.4, -0.2) is 14.3 Å². The number of alkyl halides is 6. The average molecular weight is 531 g/mol. The molecule has 0 unspecified atom stereocenters. The Morgan fingerprint density at radius 3 is 2.00 bits per heavy atom. The standard InChI is InChI=1S/C27H19F6N3O2/c1-35-24(37)34-36(25(35)38)23-21(15-6-3-2-4-7-15)11-10-16-8-5-9-20(22(16)23)17-12-18(26(28,29)30)14-19(13-17)27(31,32)33/h2-14,21,23H,1H3,(H,34,37)/t21-,23-/m1/s1. The van der Waals surface area contributed by atoms with Crippen molar-refractivity contribution in [3.8, 4) is 11.1 Å². The maximum atomic E-state index is 13.6. The van der Waals surface area contributed by atoms with E-state index in [2.05, 4.69) is 5.10 Å². The van der Waals surface area contributed by atoms with Gasteiger partial charge in [0, 0.05) is 13.0 Å². The highest BCUT2D eigenvalue weighted by Crippen LogP contribution is 2.46. The maximum Gasteiger partial charge on any atom is 0.416 e. The molecule has 0 fully saturated rings. The van der Waals surface area contributed by atoms with Crippen molar-refractivity contribution in [1.29, 1.82) is 0 Å². The highest BCUT2D eigenvalue weighted by Gasteiger charge is 2.38. The number of benzene rings is 3. The van der Waals surface area contributed by atoms with Crippen molar-refractivity contribution in [1.82, 2.24) is 14.3 Å². The number of aromatic amines is 1. The lowest BCUT2D eigenvalue weighted by molar-refractivity contribution is -0.143. The van der Waals surface area contributed by atoms with Crippen molar-refractivity contribution in [2.75, 3.05) is 0 Å². The Labute approximate surface area is 211 Å². The Morgan fingerprint density at radius 2 is 1.45 bits per heavy atom. The van der Waals surface area contributed by atoms with Gasteiger partial charge in [0.05, 0.1) is 17.2 Å². The van der Waals surface area contributed by atoms with Crippen molar-refractivity contribution in [2.45, 2.75) is 24.3 Å². The first-order valence-electron chi connectivity index (χ1n) is 11.4. The van der Waals surface area contributed by atoms with Gasteiger partial charge in [-0.05, 0) is 46.0 Å². The van der Waals surface area contributed by atoms with Gasteiger partial charge in [0.15, 0.2) is 0 Å². The van der Waals surface area contributed by atoms with E-state index >= 15 is 0 Å². The second-order valence-electron chi connectivity index (χ2n) is 8.97. The Kier molecular flexibility index (Phi) is 5.96. The van der Waals surface area contributed by atoms with Gasteiger partial charge in [-0.1, -0.05) is 60.7 Å². The Morgan fingerprint density at radius 1 is 0.816 bits per heavy atom. The van der Waals surface area contributed by atoms with Crippen LogP contribution >= 0.6 is 0 Å². The summed E-state index contributed by atoms with van der Waals surface area (Å²) in [6, 6.07) is 13.9. The molecular weight excluding hydrogens is 512 g/mol. The van der Waals surface area contributed by atoms with Gasteiger partial charge in [-0.25, -0.2) is 23.9 Å². The number of fused-ring (bicyclic) bond motifs is 1. The molecule has 1 heterocycles. The number of hydrogen-bond donors (Lipinski definition) is 1. The Hall–Kier alpha value is -4.28. The third-order valence-electron chi connectivity index (χ3n) is 6.63. The normalized spacial score (nSPS) is 17.4. The number of allylic oxidation sites excluding steroid dienone is 1. The molecule has 0 radical (unpaired) electrons. The van der Waals surface area contributed by atoms with E-state index < -0.39 is 46.8 Å². The van der Waals surface area contributed by atoms with Crippen LogP contribution in [0.15, 0.2) is 82.4 Å². The molecule has 196 valence electrons. The quantitative estimate of drug-likeness (QED) is 0.331. The van der Waals surface area contributed by atoms with Gasteiger partial charge < -0.3 is 0 Å². The molecule has 0 amide bonds. The largest absolute Gasteiger partial charge is 0.416 e. The van der Waals surface area contributed by atoms with Crippen molar-refractivity contribution in [2.24, 2.45) is 7.05 Å². The van der Waals surface area contributed by atoms with Crippen LogP contribution in [0.1, 0.15) is 39.8 Å². The van der Waals surface area contributed by atoms with Crippen LogP contribution in [0, 0.1) is 0 Å². The predicted molar refractivity (Wildman–Crippen MR) is 129 cm³/mol. The van der Waals surface area contributed by atoms with E-state index in [0.717, 1.165) is 14.8 Å². The molecule has 2 atom stereocenters. The van der Waals surface area contributed by atoms with Gasteiger partial charge in [-0.15, -0.1) is 0 Å². The van der Waals surface area contributed by atoms with E-state index in [4.69, 9.17) is 0 Å². The number of H-pyrrole nitrogens is 1. The summed E-state index contributed by atoms with van der Waals surface area (Å²) in [5, 5.41) is 2.49. The molecular formula is C27H19F6N3O2. The summed E-state index contributed by atoms with van der Waals surface area (Å²) in [5.41, 5.74) is -3.05. The summed E-state index contributed by atoms with van der Waals surface area (Å²) in [6.45, 7) is 0. The number of nitrogens with zero attached hydrogens (tertiary/aromatic N) is 2. The molecule has 4 aromatic rings. The fourth-order valence-electron chi connectivity index (χ4n) is 4.83. The number of halogens is 6. The van der Waals surface area contributed by atoms with Crippen LogP contribution in [0.3, 0.4) is 0 Å². The second kappa shape index (κ2) is 8.93. The van der Waals surface area contributed by atoms with Crippen LogP contribution < -0.4 is 11.4 Å². The average Bonchev–Trinajstić information content (AvgIpc) is 3.13. The molecule has 0 saturated carbocycles. The van der Waals surface area contributed by atoms with E-state index in [9.17, 15) is 35.9 Å². The van der Waals surface area contributed by atoms with Gasteiger partial charge in [-0.2, -0.15) is 26.3 Å². The molecule has 0 spiro atoms. The van der Waals surface area contributed by atoms with Crippen molar-refractivity contribution < 1.29 is 26.3 Å². The van der Waals surface area contributed by atoms with Gasteiger partial charge >= 0.3 is 23.7 Å². The summed E-state index contributed by atoms with van der Waals surface area (Å²) in [6.07, 6.45) is -6.56. The minimum atomic E-state index is -5.03. The summed E-state index contributed by atoms with van der Waals surface area (Å²) in [7, 11) is 1.27. The van der Waals surface area contributed by atoms with Crippen LogP contribution in [0.5, 0.6) is 0 Å². The zero-order valence-electron chi connectivity index (χ0n) is 19.6. The predicted octanol–water partition coefficient (Wildman–Crippen LogP) is 5.98. The highest BCUT2D eigenvalue weighted by atomic mass is 19.4. The smallest absolute Gasteiger partial charge is 0.246 e. The summed E-state index contributed by atoms with van der Waals surface area (Å²) >= 11 is 0. The van der Waals surface area contributed by atoms with Gasteiger partial charge in [-0.3, -0.25) is 0 Å². The van der Waals surface area contributed by atoms with E-state index in [0.29, 0.717) is 23.3 Å². The first-order chi connectivity index (χ1) is 17.9. The third-order valence-corrected chi connectivity index (χ3v) is 6.63. The topological polar surface area (TPSA) is 59.8 Å². The van der Waals surface area contributed by atoms with Crippen LogP contribution in [0.4, 0.5) is 26.3 Å². The number of rotatable bonds is 3. The third kappa shape index (κ3) is 4.37. The maximum absolute atomic E-state index is 13.6. The van der Waals surface area contributed by atoms with Crippen molar-refractivity contribution in [3.63, 3.8) is 0 Å². The zero-order chi connectivity index (χ0) is 27.4. The summed E-state index contributed by atoms with van der Waals surface area (Å²) in [5.74, 6) is -0.575. The van der Waals surface area contributed by atoms with Crippen LogP contribution in [-0.2, 0) is 19.4 Å². The molecule has 0 bridgehead atoms. The van der Waals surface area contributed by atoms with Crippen molar-refractivity contribution in [3.05, 3.63) is 122 Å². The van der Waals surface area contributed by atoms with Gasteiger partial charge in [0.25, 0.3) is 0 Å². The van der Waals surface area contributed by atoms with E-state index in [1.165, 1.54) is 19.2 Å². The minimum Gasteiger partial charge on any atom is -0.246 e. The first-order valence-corrected chi connectivity index (χ1v) is 11.4. The van der Waals surface area contributed by atoms with Crippen LogP contribution in [0.2, 0.25) is 0 Å². The number of hydrogen-bond acceptors (Lipinski definition) is 2. The fourth-order valence-corrected chi connectivity index (χ4v) is 4.83. The van der Waals surface area contributed by atoms with E-state index in [1.807, 2.05) is 0 Å². The SMILES string of the molecule is Cn1c(=O)[nH]n([C@H]2c3c(cccc3-c3cc(C(F)(F)F)cc(C(F)(F)F)c3)C=C[C@@H]2c2ccccc2)c1=O. The molecule has 0 saturated heterocycles. The number of aromatic nitrogens is 3. The van der Waals surface area contributed by atoms with Crippen LogP contribution in [0.25, 0.3) is 17.2 Å². The second-order valence-corrected chi connectivity index (χ2v) is 8.97. The molecule has 3 aromatic carbocycles. The first kappa shape index (κ1) is 25.4. The van der Waals surface area contributed by atoms with Gasteiger partial charge in [0.1, 0.15) is 0 Å². The molecule has 1 aliphatic rings. The lowest BCUT2D eigenvalue weighted by Gasteiger charge is -2.32. The molecule has 1 aliphatic carbocycles. The molecule has 5 nitrogen and oxygen atoms in total.